The number of carbonyl (C=O) groups is 2. The van der Waals surface area contributed by atoms with E-state index >= 15 is 0 Å². The van der Waals surface area contributed by atoms with E-state index in [-0.39, 0.29) is 11.8 Å². The van der Waals surface area contributed by atoms with E-state index in [1.165, 1.54) is 0 Å². The molecule has 0 unspecified atom stereocenters. The molecule has 21 heavy (non-hydrogen) atoms. The van der Waals surface area contributed by atoms with Crippen molar-refractivity contribution < 1.29 is 9.59 Å². The van der Waals surface area contributed by atoms with Gasteiger partial charge in [0.15, 0.2) is 0 Å². The highest BCUT2D eigenvalue weighted by Gasteiger charge is 2.25. The summed E-state index contributed by atoms with van der Waals surface area (Å²) in [6, 6.07) is -0.392. The zero-order valence-corrected chi connectivity index (χ0v) is 14.0. The molecular formula is C14H28N4O2S. The predicted molar refractivity (Wildman–Crippen MR) is 87.3 cm³/mol. The number of thioether (sulfide) groups is 1. The summed E-state index contributed by atoms with van der Waals surface area (Å²) in [4.78, 5) is 27.7. The molecule has 0 aromatic rings. The number of hydrogen-bond donors (Lipinski definition) is 2. The predicted octanol–water partition coefficient (Wildman–Crippen LogP) is -0.263. The van der Waals surface area contributed by atoms with Crippen LogP contribution in [0.4, 0.5) is 0 Å². The van der Waals surface area contributed by atoms with E-state index in [0.717, 1.165) is 38.2 Å². The Kier molecular flexibility index (Phi) is 8.72. The zero-order valence-electron chi connectivity index (χ0n) is 13.1. The lowest BCUT2D eigenvalue weighted by Gasteiger charge is -2.35. The van der Waals surface area contributed by atoms with Crippen LogP contribution in [0.2, 0.25) is 0 Å². The molecular weight excluding hydrogens is 288 g/mol. The molecule has 122 valence electrons. The molecule has 0 aliphatic carbocycles. The SMILES string of the molecule is CCCNC(=O)CN1CCN(C(=O)[C@H](N)CCSC)CC1. The van der Waals surface area contributed by atoms with E-state index < -0.39 is 6.04 Å². The largest absolute Gasteiger partial charge is 0.355 e. The highest BCUT2D eigenvalue weighted by Crippen LogP contribution is 2.06. The van der Waals surface area contributed by atoms with Gasteiger partial charge in [-0.3, -0.25) is 14.5 Å². The van der Waals surface area contributed by atoms with E-state index in [1.54, 1.807) is 11.8 Å². The Hall–Kier alpha value is -0.790. The van der Waals surface area contributed by atoms with Crippen LogP contribution < -0.4 is 11.1 Å². The molecule has 1 atom stereocenters. The summed E-state index contributed by atoms with van der Waals surface area (Å²) >= 11 is 1.70. The normalized spacial score (nSPS) is 17.6. The smallest absolute Gasteiger partial charge is 0.239 e. The van der Waals surface area contributed by atoms with Gasteiger partial charge in [0.1, 0.15) is 0 Å². The summed E-state index contributed by atoms with van der Waals surface area (Å²) in [6.45, 7) is 5.97. The molecule has 3 N–H and O–H groups in total. The highest BCUT2D eigenvalue weighted by molar-refractivity contribution is 7.98. The number of amides is 2. The summed E-state index contributed by atoms with van der Waals surface area (Å²) in [5.74, 6) is 1.01. The van der Waals surface area contributed by atoms with Crippen molar-refractivity contribution in [1.82, 2.24) is 15.1 Å². The summed E-state index contributed by atoms with van der Waals surface area (Å²) < 4.78 is 0. The lowest BCUT2D eigenvalue weighted by atomic mass is 10.2. The third-order valence-corrected chi connectivity index (χ3v) is 4.22. The van der Waals surface area contributed by atoms with E-state index in [2.05, 4.69) is 10.2 Å². The van der Waals surface area contributed by atoms with Crippen LogP contribution >= 0.6 is 11.8 Å². The molecule has 1 aliphatic heterocycles. The first-order valence-electron chi connectivity index (χ1n) is 7.60. The number of nitrogens with two attached hydrogens (primary N) is 1. The van der Waals surface area contributed by atoms with Crippen LogP contribution in [0.1, 0.15) is 19.8 Å². The van der Waals surface area contributed by atoms with Gasteiger partial charge in [-0.05, 0) is 24.9 Å². The molecule has 7 heteroatoms. The van der Waals surface area contributed by atoms with Gasteiger partial charge >= 0.3 is 0 Å². The second-order valence-electron chi connectivity index (χ2n) is 5.34. The van der Waals surface area contributed by atoms with E-state index in [1.807, 2.05) is 18.1 Å². The molecule has 0 radical (unpaired) electrons. The Morgan fingerprint density at radius 1 is 1.29 bits per heavy atom. The van der Waals surface area contributed by atoms with Crippen LogP contribution in [-0.2, 0) is 9.59 Å². The van der Waals surface area contributed by atoms with Gasteiger partial charge in [0.05, 0.1) is 12.6 Å². The van der Waals surface area contributed by atoms with Crippen molar-refractivity contribution in [3.05, 3.63) is 0 Å². The molecule has 6 nitrogen and oxygen atoms in total. The maximum Gasteiger partial charge on any atom is 0.239 e. The third kappa shape index (κ3) is 6.67. The molecule has 0 aromatic heterocycles. The molecule has 1 saturated heterocycles. The fourth-order valence-corrected chi connectivity index (χ4v) is 2.74. The number of piperazine rings is 1. The average Bonchev–Trinajstić information content (AvgIpc) is 2.50. The van der Waals surface area contributed by atoms with Crippen LogP contribution in [0.3, 0.4) is 0 Å². The first kappa shape index (κ1) is 18.3. The minimum atomic E-state index is -0.392. The quantitative estimate of drug-likeness (QED) is 0.645. The maximum atomic E-state index is 12.2. The Balaban J connectivity index is 2.28. The monoisotopic (exact) mass is 316 g/mol. The summed E-state index contributed by atoms with van der Waals surface area (Å²) in [5, 5.41) is 2.87. The zero-order chi connectivity index (χ0) is 15.7. The van der Waals surface area contributed by atoms with Crippen molar-refractivity contribution in [1.29, 1.82) is 0 Å². The highest BCUT2D eigenvalue weighted by atomic mass is 32.2. The van der Waals surface area contributed by atoms with Crippen LogP contribution in [0.15, 0.2) is 0 Å². The fourth-order valence-electron chi connectivity index (χ4n) is 2.25. The van der Waals surface area contributed by atoms with Gasteiger partial charge in [-0.25, -0.2) is 0 Å². The van der Waals surface area contributed by atoms with Gasteiger partial charge in [-0.1, -0.05) is 6.92 Å². The molecule has 1 fully saturated rings. The van der Waals surface area contributed by atoms with Crippen molar-refractivity contribution in [2.45, 2.75) is 25.8 Å². The van der Waals surface area contributed by atoms with Crippen molar-refractivity contribution in [3.63, 3.8) is 0 Å². The van der Waals surface area contributed by atoms with Gasteiger partial charge in [0.2, 0.25) is 11.8 Å². The Bertz CT molecular complexity index is 333. The van der Waals surface area contributed by atoms with E-state index in [9.17, 15) is 9.59 Å². The van der Waals surface area contributed by atoms with Crippen molar-refractivity contribution in [3.8, 4) is 0 Å². The lowest BCUT2D eigenvalue weighted by Crippen LogP contribution is -2.54. The van der Waals surface area contributed by atoms with Gasteiger partial charge in [-0.15, -0.1) is 0 Å². The molecule has 0 saturated carbocycles. The second kappa shape index (κ2) is 10.0. The third-order valence-electron chi connectivity index (χ3n) is 3.57. The number of carbonyl (C=O) groups excluding carboxylic acids is 2. The summed E-state index contributed by atoms with van der Waals surface area (Å²) in [5.41, 5.74) is 5.92. The average molecular weight is 316 g/mol. The van der Waals surface area contributed by atoms with Crippen LogP contribution in [-0.4, -0.2) is 78.9 Å². The number of nitrogens with zero attached hydrogens (tertiary/aromatic N) is 2. The van der Waals surface area contributed by atoms with Gasteiger partial charge < -0.3 is 16.0 Å². The molecule has 1 rings (SSSR count). The maximum absolute atomic E-state index is 12.2. The minimum Gasteiger partial charge on any atom is -0.355 e. The van der Waals surface area contributed by atoms with Crippen LogP contribution in [0.25, 0.3) is 0 Å². The number of hydrogen-bond acceptors (Lipinski definition) is 5. The number of nitrogens with one attached hydrogen (secondary N) is 1. The topological polar surface area (TPSA) is 78.7 Å². The van der Waals surface area contributed by atoms with Crippen LogP contribution in [0.5, 0.6) is 0 Å². The van der Waals surface area contributed by atoms with Crippen molar-refractivity contribution in [2.75, 3.05) is 51.3 Å². The van der Waals surface area contributed by atoms with Gasteiger partial charge in [0.25, 0.3) is 0 Å². The molecule has 0 aromatic carbocycles. The molecule has 0 bridgehead atoms. The molecule has 1 heterocycles. The minimum absolute atomic E-state index is 0.0409. The second-order valence-corrected chi connectivity index (χ2v) is 6.32. The lowest BCUT2D eigenvalue weighted by molar-refractivity contribution is -0.134. The first-order chi connectivity index (χ1) is 10.1. The van der Waals surface area contributed by atoms with Gasteiger partial charge in [0, 0.05) is 32.7 Å². The van der Waals surface area contributed by atoms with Gasteiger partial charge in [-0.2, -0.15) is 11.8 Å². The summed E-state index contributed by atoms with van der Waals surface area (Å²) in [6.07, 6.45) is 3.68. The summed E-state index contributed by atoms with van der Waals surface area (Å²) in [7, 11) is 0. The number of rotatable bonds is 8. The first-order valence-corrected chi connectivity index (χ1v) is 9.00. The Labute approximate surface area is 131 Å². The van der Waals surface area contributed by atoms with Crippen LogP contribution in [0, 0.1) is 0 Å². The standard InChI is InChI=1S/C14H28N4O2S/c1-3-5-16-13(19)11-17-6-8-18(9-7-17)14(20)12(15)4-10-21-2/h12H,3-11,15H2,1-2H3,(H,16,19)/t12-/m1/s1. The van der Waals surface area contributed by atoms with E-state index in [0.29, 0.717) is 19.6 Å². The molecule has 1 aliphatic rings. The molecule has 0 spiro atoms. The van der Waals surface area contributed by atoms with Crippen molar-refractivity contribution >= 4 is 23.6 Å². The molecule has 2 amide bonds. The van der Waals surface area contributed by atoms with Crippen molar-refractivity contribution in [2.24, 2.45) is 5.73 Å². The van der Waals surface area contributed by atoms with E-state index in [4.69, 9.17) is 5.73 Å². The Morgan fingerprint density at radius 3 is 2.52 bits per heavy atom. The fraction of sp³-hybridized carbons (Fsp3) is 0.857. The Morgan fingerprint density at radius 2 is 1.95 bits per heavy atom.